The predicted octanol–water partition coefficient (Wildman–Crippen LogP) is 5.52. The van der Waals surface area contributed by atoms with Crippen LogP contribution in [0.5, 0.6) is 5.75 Å². The van der Waals surface area contributed by atoms with Crippen LogP contribution in [-0.4, -0.2) is 26.0 Å². The summed E-state index contributed by atoms with van der Waals surface area (Å²) in [6, 6.07) is 20.0. The molecule has 0 saturated heterocycles. The Labute approximate surface area is 206 Å². The first kappa shape index (κ1) is 22.7. The average Bonchev–Trinajstić information content (AvgIpc) is 3.11. The maximum Gasteiger partial charge on any atom is 0.272 e. The van der Waals surface area contributed by atoms with Crippen molar-refractivity contribution >= 4 is 48.6 Å². The lowest BCUT2D eigenvalue weighted by atomic mass is 9.85. The number of carbonyl (C=O) groups is 1. The Bertz CT molecular complexity index is 1540. The maximum atomic E-state index is 13.7. The van der Waals surface area contributed by atoms with Crippen molar-refractivity contribution in [2.75, 3.05) is 11.4 Å². The summed E-state index contributed by atoms with van der Waals surface area (Å²) in [4.78, 5) is 13.7. The smallest absolute Gasteiger partial charge is 0.272 e. The van der Waals surface area contributed by atoms with E-state index in [1.165, 1.54) is 0 Å². The molecule has 2 heterocycles. The summed E-state index contributed by atoms with van der Waals surface area (Å²) in [6.07, 6.45) is 0.0326. The fourth-order valence-corrected chi connectivity index (χ4v) is 6.76. The number of carbonyl (C=O) groups excluding carboxylic acids is 1. The molecular weight excluding hydrogens is 516 g/mol. The molecule has 0 bridgehead atoms. The van der Waals surface area contributed by atoms with E-state index in [9.17, 15) is 13.2 Å². The molecule has 1 aliphatic heterocycles. The number of fused-ring (bicyclic) bond motifs is 3. The molecule has 1 amide bonds. The molecule has 5 rings (SSSR count). The molecule has 3 aromatic carbocycles. The predicted molar refractivity (Wildman–Crippen MR) is 136 cm³/mol. The van der Waals surface area contributed by atoms with E-state index in [-0.39, 0.29) is 17.2 Å². The van der Waals surface area contributed by atoms with Crippen LogP contribution in [-0.2, 0) is 21.9 Å². The molecule has 4 aromatic rings. The number of aromatic nitrogens is 1. The lowest BCUT2D eigenvalue weighted by Gasteiger charge is -2.32. The Morgan fingerprint density at radius 2 is 1.74 bits per heavy atom. The van der Waals surface area contributed by atoms with Gasteiger partial charge in [-0.25, -0.2) is 8.42 Å². The van der Waals surface area contributed by atoms with Crippen LogP contribution >= 0.6 is 15.9 Å². The number of ether oxygens (including phenoxy) is 1. The second kappa shape index (κ2) is 8.29. The van der Waals surface area contributed by atoms with Gasteiger partial charge in [-0.2, -0.15) is 4.31 Å². The largest absolute Gasteiger partial charge is 0.496 e. The van der Waals surface area contributed by atoms with E-state index < -0.39 is 15.9 Å². The van der Waals surface area contributed by atoms with E-state index in [4.69, 9.17) is 4.74 Å². The van der Waals surface area contributed by atoms with Crippen LogP contribution in [0.2, 0.25) is 0 Å². The molecule has 0 N–H and O–H groups in total. The molecular formula is C26H23BrN2O4S. The van der Waals surface area contributed by atoms with Crippen molar-refractivity contribution in [3.05, 3.63) is 87.9 Å². The summed E-state index contributed by atoms with van der Waals surface area (Å²) in [6.45, 7) is 1.89. The summed E-state index contributed by atoms with van der Waals surface area (Å²) in [7, 11) is -0.701. The second-order valence-electron chi connectivity index (χ2n) is 8.44. The number of sulfonamides is 1. The first-order valence-corrected chi connectivity index (χ1v) is 13.0. The lowest BCUT2D eigenvalue weighted by Crippen LogP contribution is -2.42. The molecule has 6 nitrogen and oxygen atoms in total. The van der Waals surface area contributed by atoms with Gasteiger partial charge in [0, 0.05) is 35.9 Å². The Hall–Kier alpha value is -3.10. The normalized spacial score (nSPS) is 16.1. The highest BCUT2D eigenvalue weighted by molar-refractivity contribution is 9.10. The topological polar surface area (TPSA) is 68.6 Å². The van der Waals surface area contributed by atoms with Crippen molar-refractivity contribution in [3.63, 3.8) is 0 Å². The minimum atomic E-state index is -4.10. The van der Waals surface area contributed by atoms with E-state index in [1.807, 2.05) is 49.4 Å². The van der Waals surface area contributed by atoms with Crippen LogP contribution in [0.15, 0.2) is 76.1 Å². The second-order valence-corrected chi connectivity index (χ2v) is 11.1. The molecule has 0 fully saturated rings. The third-order valence-electron chi connectivity index (χ3n) is 6.40. The van der Waals surface area contributed by atoms with Gasteiger partial charge in [0.05, 0.1) is 16.5 Å². The van der Waals surface area contributed by atoms with Crippen LogP contribution in [0.4, 0.5) is 5.82 Å². The molecule has 1 unspecified atom stereocenters. The van der Waals surface area contributed by atoms with Gasteiger partial charge in [0.15, 0.2) is 0 Å². The first-order chi connectivity index (χ1) is 16.2. The van der Waals surface area contributed by atoms with Gasteiger partial charge in [-0.05, 0) is 58.7 Å². The highest BCUT2D eigenvalue weighted by atomic mass is 79.9. The minimum absolute atomic E-state index is 0.0326. The number of hydrogen-bond donors (Lipinski definition) is 0. The van der Waals surface area contributed by atoms with Gasteiger partial charge in [-0.15, -0.1) is 0 Å². The number of para-hydroxylation sites is 1. The standard InChI is InChI=1S/C26H23BrN2O4S/c1-16-8-11-18(12-9-16)34(31,32)29-24(30)15-20(17-10-13-23(33-3)21(27)14-17)25-19-6-4-5-7-22(19)28(2)26(25)29/h4-14,20H,15H2,1-3H3. The molecule has 0 aliphatic carbocycles. The molecule has 34 heavy (non-hydrogen) atoms. The summed E-state index contributed by atoms with van der Waals surface area (Å²) in [5.41, 5.74) is 3.54. The van der Waals surface area contributed by atoms with E-state index >= 15 is 0 Å². The summed E-state index contributed by atoms with van der Waals surface area (Å²) < 4.78 is 36.4. The highest BCUT2D eigenvalue weighted by Crippen LogP contribution is 2.48. The van der Waals surface area contributed by atoms with Crippen molar-refractivity contribution < 1.29 is 17.9 Å². The fourth-order valence-electron chi connectivity index (χ4n) is 4.72. The summed E-state index contributed by atoms with van der Waals surface area (Å²) >= 11 is 3.54. The SMILES string of the molecule is COc1ccc(C2CC(=O)N(S(=O)(=O)c3ccc(C)cc3)c3c2c2ccccc2n3C)cc1Br. The van der Waals surface area contributed by atoms with E-state index in [2.05, 4.69) is 15.9 Å². The molecule has 1 aromatic heterocycles. The van der Waals surface area contributed by atoms with Crippen molar-refractivity contribution in [1.82, 2.24) is 4.57 Å². The fraction of sp³-hybridized carbons (Fsp3) is 0.192. The van der Waals surface area contributed by atoms with Crippen molar-refractivity contribution in [2.45, 2.75) is 24.2 Å². The number of anilines is 1. The zero-order valence-electron chi connectivity index (χ0n) is 18.9. The molecule has 1 atom stereocenters. The van der Waals surface area contributed by atoms with Crippen molar-refractivity contribution in [1.29, 1.82) is 0 Å². The summed E-state index contributed by atoms with van der Waals surface area (Å²) in [5.74, 6) is 0.304. The quantitative estimate of drug-likeness (QED) is 0.343. The number of amides is 1. The van der Waals surface area contributed by atoms with Crippen LogP contribution in [0.25, 0.3) is 10.9 Å². The van der Waals surface area contributed by atoms with Crippen molar-refractivity contribution in [3.8, 4) is 5.75 Å². The Morgan fingerprint density at radius 3 is 2.41 bits per heavy atom. The number of hydrogen-bond acceptors (Lipinski definition) is 4. The number of rotatable bonds is 4. The van der Waals surface area contributed by atoms with Gasteiger partial charge < -0.3 is 9.30 Å². The van der Waals surface area contributed by atoms with Gasteiger partial charge >= 0.3 is 0 Å². The average molecular weight is 539 g/mol. The lowest BCUT2D eigenvalue weighted by molar-refractivity contribution is -0.118. The van der Waals surface area contributed by atoms with E-state index in [0.717, 1.165) is 36.4 Å². The first-order valence-electron chi connectivity index (χ1n) is 10.8. The van der Waals surface area contributed by atoms with Gasteiger partial charge in [-0.1, -0.05) is 42.0 Å². The Kier molecular flexibility index (Phi) is 5.53. The highest BCUT2D eigenvalue weighted by Gasteiger charge is 2.43. The number of nitrogens with zero attached hydrogens (tertiary/aromatic N) is 2. The Balaban J connectivity index is 1.77. The maximum absolute atomic E-state index is 13.7. The van der Waals surface area contributed by atoms with Crippen LogP contribution in [0.3, 0.4) is 0 Å². The van der Waals surface area contributed by atoms with Crippen LogP contribution in [0.1, 0.15) is 29.0 Å². The van der Waals surface area contributed by atoms with Crippen LogP contribution in [0, 0.1) is 6.92 Å². The van der Waals surface area contributed by atoms with Gasteiger partial charge in [0.2, 0.25) is 5.91 Å². The minimum Gasteiger partial charge on any atom is -0.496 e. The monoisotopic (exact) mass is 538 g/mol. The Morgan fingerprint density at radius 1 is 1.03 bits per heavy atom. The number of halogens is 1. The third kappa shape index (κ3) is 3.44. The van der Waals surface area contributed by atoms with Crippen LogP contribution < -0.4 is 9.04 Å². The number of methoxy groups -OCH3 is 1. The molecule has 0 spiro atoms. The van der Waals surface area contributed by atoms with Crippen molar-refractivity contribution in [2.24, 2.45) is 7.05 Å². The van der Waals surface area contributed by atoms with E-state index in [0.29, 0.717) is 11.6 Å². The molecule has 8 heteroatoms. The number of benzene rings is 3. The number of aryl methyl sites for hydroxylation is 2. The van der Waals surface area contributed by atoms with E-state index in [1.54, 1.807) is 43.0 Å². The zero-order valence-corrected chi connectivity index (χ0v) is 21.4. The molecule has 174 valence electrons. The van der Waals surface area contributed by atoms with Gasteiger partial charge in [-0.3, -0.25) is 4.79 Å². The molecule has 1 aliphatic rings. The molecule has 0 saturated carbocycles. The van der Waals surface area contributed by atoms with Gasteiger partial charge in [0.1, 0.15) is 11.6 Å². The van der Waals surface area contributed by atoms with Gasteiger partial charge in [0.25, 0.3) is 10.0 Å². The zero-order chi connectivity index (χ0) is 24.2. The summed E-state index contributed by atoms with van der Waals surface area (Å²) in [5, 5.41) is 0.925. The third-order valence-corrected chi connectivity index (χ3v) is 8.74. The molecule has 0 radical (unpaired) electrons.